The van der Waals surface area contributed by atoms with Crippen molar-refractivity contribution in [2.75, 3.05) is 12.3 Å². The van der Waals surface area contributed by atoms with Gasteiger partial charge in [0.25, 0.3) is 0 Å². The number of H-pyrrole nitrogens is 1. The van der Waals surface area contributed by atoms with Gasteiger partial charge in [0.15, 0.2) is 0 Å². The Morgan fingerprint density at radius 2 is 2.06 bits per heavy atom. The Morgan fingerprint density at radius 3 is 2.67 bits per heavy atom. The number of anilines is 1. The van der Waals surface area contributed by atoms with E-state index in [0.717, 1.165) is 5.56 Å². The molecule has 0 saturated carbocycles. The molecular formula is C10H13N5O2S. The number of nitrogens with two attached hydrogens (primary N) is 1. The normalized spacial score (nSPS) is 11.6. The average molecular weight is 267 g/mol. The number of pyridine rings is 1. The summed E-state index contributed by atoms with van der Waals surface area (Å²) in [5.41, 5.74) is 6.47. The number of aromatic amines is 1. The van der Waals surface area contributed by atoms with Crippen molar-refractivity contribution in [3.63, 3.8) is 0 Å². The molecule has 0 aliphatic carbocycles. The second kappa shape index (κ2) is 5.15. The van der Waals surface area contributed by atoms with Crippen LogP contribution in [0.1, 0.15) is 5.56 Å². The lowest BCUT2D eigenvalue weighted by atomic mass is 10.2. The Balaban J connectivity index is 1.97. The quantitative estimate of drug-likeness (QED) is 0.700. The third-order valence-electron chi connectivity index (χ3n) is 2.38. The van der Waals surface area contributed by atoms with E-state index in [4.69, 9.17) is 5.73 Å². The summed E-state index contributed by atoms with van der Waals surface area (Å²) in [6.45, 7) is 0.289. The summed E-state index contributed by atoms with van der Waals surface area (Å²) in [6, 6.07) is 3.67. The number of sulfonamides is 1. The van der Waals surface area contributed by atoms with E-state index in [-0.39, 0.29) is 17.3 Å². The lowest BCUT2D eigenvalue weighted by Gasteiger charge is -2.05. The van der Waals surface area contributed by atoms with Gasteiger partial charge in [-0.1, -0.05) is 0 Å². The third-order valence-corrected chi connectivity index (χ3v) is 3.87. The number of rotatable bonds is 5. The molecule has 0 bridgehead atoms. The third kappa shape index (κ3) is 2.84. The Labute approximate surface area is 104 Å². The Bertz CT molecular complexity index is 608. The highest BCUT2D eigenvalue weighted by atomic mass is 32.2. The molecule has 0 aliphatic rings. The predicted molar refractivity (Wildman–Crippen MR) is 66.1 cm³/mol. The van der Waals surface area contributed by atoms with Gasteiger partial charge in [0.05, 0.1) is 6.20 Å². The first-order valence-electron chi connectivity index (χ1n) is 5.27. The Morgan fingerprint density at radius 1 is 1.33 bits per heavy atom. The molecule has 2 rings (SSSR count). The number of hydrogen-bond acceptors (Lipinski definition) is 5. The smallest absolute Gasteiger partial charge is 0.245 e. The standard InChI is InChI=1S/C10H13N5O2S/c11-10-9(7-13-15-10)18(16,17)14-6-3-8-1-4-12-5-2-8/h1-2,4-5,7,14H,3,6H2,(H3,11,13,15). The molecule has 0 aromatic carbocycles. The first-order chi connectivity index (χ1) is 8.59. The molecular weight excluding hydrogens is 254 g/mol. The molecule has 8 heteroatoms. The maximum Gasteiger partial charge on any atom is 0.245 e. The average Bonchev–Trinajstić information content (AvgIpc) is 2.77. The first kappa shape index (κ1) is 12.5. The second-order valence-corrected chi connectivity index (χ2v) is 5.39. The van der Waals surface area contributed by atoms with Gasteiger partial charge in [0, 0.05) is 18.9 Å². The minimum absolute atomic E-state index is 0.0303. The van der Waals surface area contributed by atoms with Gasteiger partial charge in [-0.25, -0.2) is 13.1 Å². The van der Waals surface area contributed by atoms with Gasteiger partial charge in [-0.05, 0) is 24.1 Å². The zero-order valence-electron chi connectivity index (χ0n) is 9.50. The van der Waals surface area contributed by atoms with E-state index in [1.165, 1.54) is 6.20 Å². The molecule has 96 valence electrons. The summed E-state index contributed by atoms with van der Waals surface area (Å²) in [4.78, 5) is 3.86. The monoisotopic (exact) mass is 267 g/mol. The molecule has 2 aromatic rings. The van der Waals surface area contributed by atoms with Crippen molar-refractivity contribution in [1.29, 1.82) is 0 Å². The zero-order valence-corrected chi connectivity index (χ0v) is 10.3. The van der Waals surface area contributed by atoms with Crippen LogP contribution in [0, 0.1) is 0 Å². The SMILES string of the molecule is Nc1[nH]ncc1S(=O)(=O)NCCc1ccncc1. The van der Waals surface area contributed by atoms with Crippen LogP contribution in [-0.4, -0.2) is 30.1 Å². The van der Waals surface area contributed by atoms with Crippen LogP contribution in [0.4, 0.5) is 5.82 Å². The Kier molecular flexibility index (Phi) is 3.58. The number of nitrogens with zero attached hydrogens (tertiary/aromatic N) is 2. The van der Waals surface area contributed by atoms with Crippen molar-refractivity contribution >= 4 is 15.8 Å². The number of aromatic nitrogens is 3. The van der Waals surface area contributed by atoms with Gasteiger partial charge in [0.2, 0.25) is 10.0 Å². The minimum Gasteiger partial charge on any atom is -0.383 e. The fourth-order valence-electron chi connectivity index (χ4n) is 1.46. The topological polar surface area (TPSA) is 114 Å². The van der Waals surface area contributed by atoms with Crippen molar-refractivity contribution in [3.8, 4) is 0 Å². The molecule has 18 heavy (non-hydrogen) atoms. The fraction of sp³-hybridized carbons (Fsp3) is 0.200. The Hall–Kier alpha value is -1.93. The number of nitrogen functional groups attached to an aromatic ring is 1. The first-order valence-corrected chi connectivity index (χ1v) is 6.75. The van der Waals surface area contributed by atoms with Gasteiger partial charge in [-0.15, -0.1) is 0 Å². The molecule has 2 heterocycles. The van der Waals surface area contributed by atoms with Gasteiger partial charge in [-0.3, -0.25) is 10.1 Å². The zero-order chi connectivity index (χ0) is 13.0. The van der Waals surface area contributed by atoms with Crippen LogP contribution in [0.2, 0.25) is 0 Å². The van der Waals surface area contributed by atoms with Crippen molar-refractivity contribution in [3.05, 3.63) is 36.3 Å². The summed E-state index contributed by atoms with van der Waals surface area (Å²) in [5.74, 6) is 0.0337. The van der Waals surface area contributed by atoms with E-state index in [1.54, 1.807) is 12.4 Å². The van der Waals surface area contributed by atoms with E-state index in [1.807, 2.05) is 12.1 Å². The summed E-state index contributed by atoms with van der Waals surface area (Å²) < 4.78 is 26.1. The highest BCUT2D eigenvalue weighted by Crippen LogP contribution is 2.13. The predicted octanol–water partition coefficient (Wildman–Crippen LogP) is -0.0921. The van der Waals surface area contributed by atoms with Crippen LogP contribution in [0.25, 0.3) is 0 Å². The second-order valence-electron chi connectivity index (χ2n) is 3.65. The summed E-state index contributed by atoms with van der Waals surface area (Å²) >= 11 is 0. The number of hydrogen-bond donors (Lipinski definition) is 3. The number of nitrogens with one attached hydrogen (secondary N) is 2. The van der Waals surface area contributed by atoms with Crippen LogP contribution in [0.15, 0.2) is 35.6 Å². The van der Waals surface area contributed by atoms with Crippen molar-refractivity contribution in [2.45, 2.75) is 11.3 Å². The summed E-state index contributed by atoms with van der Waals surface area (Å²) in [6.07, 6.45) is 5.10. The molecule has 0 aliphatic heterocycles. The largest absolute Gasteiger partial charge is 0.383 e. The highest BCUT2D eigenvalue weighted by molar-refractivity contribution is 7.89. The molecule has 0 radical (unpaired) electrons. The molecule has 0 saturated heterocycles. The molecule has 0 unspecified atom stereocenters. The molecule has 0 atom stereocenters. The molecule has 0 amide bonds. The summed E-state index contributed by atoms with van der Waals surface area (Å²) in [7, 11) is -3.60. The molecule has 2 aromatic heterocycles. The lowest BCUT2D eigenvalue weighted by molar-refractivity contribution is 0.582. The van der Waals surface area contributed by atoms with Gasteiger partial charge in [0.1, 0.15) is 10.7 Å². The minimum atomic E-state index is -3.60. The van der Waals surface area contributed by atoms with Crippen LogP contribution < -0.4 is 10.5 Å². The van der Waals surface area contributed by atoms with E-state index in [2.05, 4.69) is 19.9 Å². The lowest BCUT2D eigenvalue weighted by Crippen LogP contribution is -2.26. The van der Waals surface area contributed by atoms with Gasteiger partial charge in [-0.2, -0.15) is 5.10 Å². The van der Waals surface area contributed by atoms with Crippen LogP contribution in [-0.2, 0) is 16.4 Å². The van der Waals surface area contributed by atoms with Crippen molar-refractivity contribution in [1.82, 2.24) is 19.9 Å². The highest BCUT2D eigenvalue weighted by Gasteiger charge is 2.18. The van der Waals surface area contributed by atoms with Crippen LogP contribution >= 0.6 is 0 Å². The van der Waals surface area contributed by atoms with Crippen molar-refractivity contribution < 1.29 is 8.42 Å². The molecule has 0 fully saturated rings. The van der Waals surface area contributed by atoms with Crippen molar-refractivity contribution in [2.24, 2.45) is 0 Å². The van der Waals surface area contributed by atoms with E-state index in [0.29, 0.717) is 6.42 Å². The summed E-state index contributed by atoms with van der Waals surface area (Å²) in [5, 5.41) is 5.96. The maximum absolute atomic E-state index is 11.8. The van der Waals surface area contributed by atoms with Gasteiger partial charge < -0.3 is 5.73 Å². The molecule has 0 spiro atoms. The van der Waals surface area contributed by atoms with E-state index in [9.17, 15) is 8.42 Å². The van der Waals surface area contributed by atoms with E-state index < -0.39 is 10.0 Å². The fourth-order valence-corrected chi connectivity index (χ4v) is 2.51. The van der Waals surface area contributed by atoms with Crippen LogP contribution in [0.3, 0.4) is 0 Å². The molecule has 7 nitrogen and oxygen atoms in total. The molecule has 4 N–H and O–H groups in total. The van der Waals surface area contributed by atoms with Gasteiger partial charge >= 0.3 is 0 Å². The van der Waals surface area contributed by atoms with E-state index >= 15 is 0 Å². The maximum atomic E-state index is 11.8. The van der Waals surface area contributed by atoms with Crippen LogP contribution in [0.5, 0.6) is 0 Å².